The Labute approximate surface area is 226 Å². The van der Waals surface area contributed by atoms with Gasteiger partial charge >= 0.3 is 11.9 Å². The van der Waals surface area contributed by atoms with Gasteiger partial charge in [0.1, 0.15) is 0 Å². The van der Waals surface area contributed by atoms with E-state index < -0.39 is 0 Å². The van der Waals surface area contributed by atoms with Crippen LogP contribution in [0.2, 0.25) is 0 Å². The van der Waals surface area contributed by atoms with Crippen LogP contribution in [-0.4, -0.2) is 11.9 Å². The van der Waals surface area contributed by atoms with E-state index in [0.717, 1.165) is 25.7 Å². The molecule has 0 fully saturated rings. The van der Waals surface area contributed by atoms with Crippen molar-refractivity contribution in [3.8, 4) is 0 Å². The molecular formula is C30H58O3Zn. The number of esters is 2. The van der Waals surface area contributed by atoms with Crippen molar-refractivity contribution in [3.63, 3.8) is 0 Å². The fraction of sp³-hybridized carbons (Fsp3) is 0.933. The average molecular weight is 532 g/mol. The molecule has 0 radical (unpaired) electrons. The fourth-order valence-electron chi connectivity index (χ4n) is 4.45. The van der Waals surface area contributed by atoms with E-state index in [0.29, 0.717) is 12.8 Å². The van der Waals surface area contributed by atoms with Crippen LogP contribution in [0.4, 0.5) is 0 Å². The molecule has 0 atom stereocenters. The zero-order valence-electron chi connectivity index (χ0n) is 23.3. The second-order valence-electron chi connectivity index (χ2n) is 10.1. The molecule has 0 aromatic heterocycles. The largest absolute Gasteiger partial charge is 0.393 e. The Bertz CT molecular complexity index is 425. The summed E-state index contributed by atoms with van der Waals surface area (Å²) in [6.07, 6.45) is 31.4. The van der Waals surface area contributed by atoms with Crippen molar-refractivity contribution in [2.24, 2.45) is 0 Å². The van der Waals surface area contributed by atoms with Gasteiger partial charge in [0.25, 0.3) is 0 Å². The van der Waals surface area contributed by atoms with E-state index in [4.69, 9.17) is 4.74 Å². The van der Waals surface area contributed by atoms with Crippen LogP contribution in [0.15, 0.2) is 0 Å². The topological polar surface area (TPSA) is 43.4 Å². The van der Waals surface area contributed by atoms with Crippen LogP contribution < -0.4 is 0 Å². The summed E-state index contributed by atoms with van der Waals surface area (Å²) in [6, 6.07) is 0. The van der Waals surface area contributed by atoms with Gasteiger partial charge in [0, 0.05) is 32.3 Å². The SMILES string of the molecule is CCCCCCCCCCCCCCCC(=O)OC(=O)CCCCCCCCCCCCC.[Zn]. The maximum atomic E-state index is 11.8. The quantitative estimate of drug-likeness (QED) is 0.0482. The van der Waals surface area contributed by atoms with E-state index >= 15 is 0 Å². The zero-order chi connectivity index (χ0) is 24.2. The minimum atomic E-state index is -0.328. The van der Waals surface area contributed by atoms with Crippen molar-refractivity contribution in [1.82, 2.24) is 0 Å². The molecule has 0 aliphatic rings. The third-order valence-electron chi connectivity index (χ3n) is 6.70. The maximum Gasteiger partial charge on any atom is 0.313 e. The summed E-state index contributed by atoms with van der Waals surface area (Å²) < 4.78 is 4.97. The Hall–Kier alpha value is -0.237. The van der Waals surface area contributed by atoms with Gasteiger partial charge in [0.15, 0.2) is 0 Å². The van der Waals surface area contributed by atoms with E-state index in [1.165, 1.54) is 128 Å². The van der Waals surface area contributed by atoms with Gasteiger partial charge in [-0.3, -0.25) is 9.59 Å². The molecule has 3 nitrogen and oxygen atoms in total. The minimum Gasteiger partial charge on any atom is -0.393 e. The normalized spacial score (nSPS) is 10.8. The Kier molecular flexibility index (Phi) is 32.5. The number of rotatable bonds is 26. The number of unbranched alkanes of at least 4 members (excludes halogenated alkanes) is 22. The summed E-state index contributed by atoms with van der Waals surface area (Å²) in [7, 11) is 0. The van der Waals surface area contributed by atoms with Crippen molar-refractivity contribution >= 4 is 11.9 Å². The number of hydrogen-bond donors (Lipinski definition) is 0. The first kappa shape index (κ1) is 35.9. The van der Waals surface area contributed by atoms with Crippen LogP contribution in [-0.2, 0) is 33.8 Å². The molecule has 0 amide bonds. The van der Waals surface area contributed by atoms with Crippen LogP contribution in [0.1, 0.15) is 181 Å². The summed E-state index contributed by atoms with van der Waals surface area (Å²) in [5, 5.41) is 0. The molecule has 0 aliphatic carbocycles. The van der Waals surface area contributed by atoms with Gasteiger partial charge in [0.2, 0.25) is 0 Å². The second-order valence-corrected chi connectivity index (χ2v) is 10.1. The second kappa shape index (κ2) is 30.8. The Morgan fingerprint density at radius 2 is 0.588 bits per heavy atom. The van der Waals surface area contributed by atoms with Gasteiger partial charge in [-0.25, -0.2) is 0 Å². The molecule has 0 aromatic rings. The van der Waals surface area contributed by atoms with Crippen LogP contribution in [0.5, 0.6) is 0 Å². The molecule has 0 saturated heterocycles. The molecule has 0 rings (SSSR count). The van der Waals surface area contributed by atoms with E-state index in [2.05, 4.69) is 13.8 Å². The molecule has 198 valence electrons. The molecule has 0 aromatic carbocycles. The number of carbonyl (C=O) groups excluding carboxylic acids is 2. The number of hydrogen-bond acceptors (Lipinski definition) is 3. The standard InChI is InChI=1S/C30H58O3.Zn/c1-3-5-7-9-11-13-15-16-18-20-22-24-26-28-30(32)33-29(31)27-25-23-21-19-17-14-12-10-8-6-4-2;/h3-28H2,1-2H3;. The summed E-state index contributed by atoms with van der Waals surface area (Å²) >= 11 is 0. The number of ether oxygens (including phenoxy) is 1. The first-order valence-corrected chi connectivity index (χ1v) is 14.9. The van der Waals surface area contributed by atoms with Crippen LogP contribution in [0.3, 0.4) is 0 Å². The zero-order valence-corrected chi connectivity index (χ0v) is 26.3. The van der Waals surface area contributed by atoms with Crippen molar-refractivity contribution < 1.29 is 33.8 Å². The van der Waals surface area contributed by atoms with E-state index in [-0.39, 0.29) is 31.4 Å². The van der Waals surface area contributed by atoms with E-state index in [1.807, 2.05) is 0 Å². The molecule has 0 unspecified atom stereocenters. The molecule has 4 heteroatoms. The molecule has 0 bridgehead atoms. The summed E-state index contributed by atoms with van der Waals surface area (Å²) in [5.41, 5.74) is 0. The molecular weight excluding hydrogens is 474 g/mol. The van der Waals surface area contributed by atoms with Gasteiger partial charge < -0.3 is 4.74 Å². The summed E-state index contributed by atoms with van der Waals surface area (Å²) in [4.78, 5) is 23.6. The Balaban J connectivity index is 0. The third kappa shape index (κ3) is 29.8. The summed E-state index contributed by atoms with van der Waals surface area (Å²) in [5.74, 6) is -0.656. The monoisotopic (exact) mass is 530 g/mol. The smallest absolute Gasteiger partial charge is 0.313 e. The average Bonchev–Trinajstić information content (AvgIpc) is 2.80. The predicted molar refractivity (Wildman–Crippen MR) is 142 cm³/mol. The molecule has 0 heterocycles. The van der Waals surface area contributed by atoms with Crippen LogP contribution in [0.25, 0.3) is 0 Å². The van der Waals surface area contributed by atoms with Crippen LogP contribution >= 0.6 is 0 Å². The van der Waals surface area contributed by atoms with Gasteiger partial charge in [-0.15, -0.1) is 0 Å². The van der Waals surface area contributed by atoms with E-state index in [1.54, 1.807) is 0 Å². The van der Waals surface area contributed by atoms with Crippen molar-refractivity contribution in [2.45, 2.75) is 181 Å². The molecule has 0 saturated carbocycles. The maximum absolute atomic E-state index is 11.8. The van der Waals surface area contributed by atoms with E-state index in [9.17, 15) is 9.59 Å². The molecule has 0 aliphatic heterocycles. The van der Waals surface area contributed by atoms with Gasteiger partial charge in [0.05, 0.1) is 0 Å². The predicted octanol–water partition coefficient (Wildman–Crippen LogP) is 10.2. The van der Waals surface area contributed by atoms with Gasteiger partial charge in [-0.2, -0.15) is 0 Å². The van der Waals surface area contributed by atoms with Gasteiger partial charge in [-0.1, -0.05) is 155 Å². The molecule has 0 N–H and O–H groups in total. The van der Waals surface area contributed by atoms with Crippen molar-refractivity contribution in [3.05, 3.63) is 0 Å². The van der Waals surface area contributed by atoms with Gasteiger partial charge in [-0.05, 0) is 12.8 Å². The molecule has 34 heavy (non-hydrogen) atoms. The molecule has 0 spiro atoms. The third-order valence-corrected chi connectivity index (χ3v) is 6.70. The van der Waals surface area contributed by atoms with Crippen LogP contribution in [0, 0.1) is 0 Å². The van der Waals surface area contributed by atoms with Crippen molar-refractivity contribution in [1.29, 1.82) is 0 Å². The number of carbonyl (C=O) groups is 2. The van der Waals surface area contributed by atoms with Crippen molar-refractivity contribution in [2.75, 3.05) is 0 Å². The Morgan fingerprint density at radius 1 is 0.382 bits per heavy atom. The first-order chi connectivity index (χ1) is 16.2. The fourth-order valence-corrected chi connectivity index (χ4v) is 4.45. The Morgan fingerprint density at radius 3 is 0.824 bits per heavy atom. The minimum absolute atomic E-state index is 0. The summed E-state index contributed by atoms with van der Waals surface area (Å²) in [6.45, 7) is 4.52. The first-order valence-electron chi connectivity index (χ1n) is 14.9.